The van der Waals surface area contributed by atoms with Crippen LogP contribution in [0, 0.1) is 10.1 Å². The minimum Gasteiger partial charge on any atom is -0.358 e. The molecule has 0 unspecified atom stereocenters. The van der Waals surface area contributed by atoms with Crippen LogP contribution < -0.4 is 0 Å². The van der Waals surface area contributed by atoms with Crippen LogP contribution in [0.15, 0.2) is 18.3 Å². The van der Waals surface area contributed by atoms with E-state index in [-0.39, 0.29) is 11.5 Å². The molecule has 0 saturated carbocycles. The zero-order valence-corrected chi connectivity index (χ0v) is 11.1. The molecule has 1 amide bonds. The number of carbonyl (C=O) groups is 1. The molecule has 0 aliphatic rings. The van der Waals surface area contributed by atoms with Crippen LogP contribution in [0.5, 0.6) is 0 Å². The largest absolute Gasteiger partial charge is 0.358 e. The minimum atomic E-state index is -0.629. The van der Waals surface area contributed by atoms with Crippen molar-refractivity contribution in [3.63, 3.8) is 0 Å². The molecule has 0 spiro atoms. The fourth-order valence-corrected chi connectivity index (χ4v) is 1.80. The molecule has 106 valence electrons. The molecule has 2 heterocycles. The van der Waals surface area contributed by atoms with E-state index >= 15 is 0 Å². The third-order valence-corrected chi connectivity index (χ3v) is 2.83. The predicted molar refractivity (Wildman–Crippen MR) is 68.9 cm³/mol. The topological polar surface area (TPSA) is 110 Å². The first-order valence-corrected chi connectivity index (χ1v) is 5.99. The van der Waals surface area contributed by atoms with Crippen molar-refractivity contribution in [1.29, 1.82) is 0 Å². The van der Waals surface area contributed by atoms with Gasteiger partial charge in [0, 0.05) is 19.8 Å². The first-order chi connectivity index (χ1) is 9.52. The summed E-state index contributed by atoms with van der Waals surface area (Å²) in [6.07, 6.45) is 1.66. The summed E-state index contributed by atoms with van der Waals surface area (Å²) in [4.78, 5) is 23.4. The predicted octanol–water partition coefficient (Wildman–Crippen LogP) is 0.806. The Kier molecular flexibility index (Phi) is 3.78. The normalized spacial score (nSPS) is 10.5. The maximum atomic E-state index is 12.1. The van der Waals surface area contributed by atoms with Crippen molar-refractivity contribution in [1.82, 2.24) is 24.9 Å². The molecule has 0 aliphatic carbocycles. The van der Waals surface area contributed by atoms with Gasteiger partial charge in [0.2, 0.25) is 0 Å². The minimum absolute atomic E-state index is 0.0155. The summed E-state index contributed by atoms with van der Waals surface area (Å²) in [6, 6.07) is 2.94. The number of carbonyl (C=O) groups excluding carboxylic acids is 1. The standard InChI is InChI=1S/C11H14N6O3/c1-3-16-8(4-5-12-16)7-15(2)11(18)9-6-10(14-13-9)17(19)20/h4-6H,3,7H2,1-2H3,(H,13,14). The Morgan fingerprint density at radius 3 is 2.95 bits per heavy atom. The van der Waals surface area contributed by atoms with Crippen LogP contribution in [0.25, 0.3) is 0 Å². The molecule has 2 aromatic rings. The van der Waals surface area contributed by atoms with Gasteiger partial charge in [-0.1, -0.05) is 5.10 Å². The van der Waals surface area contributed by atoms with E-state index in [0.717, 1.165) is 11.8 Å². The third-order valence-electron chi connectivity index (χ3n) is 2.83. The Morgan fingerprint density at radius 1 is 1.60 bits per heavy atom. The molecule has 2 aromatic heterocycles. The smallest absolute Gasteiger partial charge is 0.343 e. The number of rotatable bonds is 5. The maximum Gasteiger partial charge on any atom is 0.343 e. The summed E-state index contributed by atoms with van der Waals surface area (Å²) in [5.41, 5.74) is 0.898. The fraction of sp³-hybridized carbons (Fsp3) is 0.364. The summed E-state index contributed by atoms with van der Waals surface area (Å²) in [5, 5.41) is 20.5. The zero-order chi connectivity index (χ0) is 14.7. The summed E-state index contributed by atoms with van der Waals surface area (Å²) < 4.78 is 1.77. The average molecular weight is 278 g/mol. The quantitative estimate of drug-likeness (QED) is 0.642. The van der Waals surface area contributed by atoms with Gasteiger partial charge >= 0.3 is 5.82 Å². The van der Waals surface area contributed by atoms with Crippen LogP contribution in [0.4, 0.5) is 5.82 Å². The SMILES string of the molecule is CCn1nccc1CN(C)C(=O)c1cc([N+](=O)[O-])[nH]n1. The van der Waals surface area contributed by atoms with Gasteiger partial charge in [-0.2, -0.15) is 5.10 Å². The first-order valence-electron chi connectivity index (χ1n) is 5.99. The Labute approximate surface area is 114 Å². The van der Waals surface area contributed by atoms with Crippen molar-refractivity contribution in [3.8, 4) is 0 Å². The molecular formula is C11H14N6O3. The highest BCUT2D eigenvalue weighted by molar-refractivity contribution is 5.92. The van der Waals surface area contributed by atoms with Gasteiger partial charge in [-0.25, -0.2) is 0 Å². The molecule has 0 radical (unpaired) electrons. The summed E-state index contributed by atoms with van der Waals surface area (Å²) in [5.74, 6) is -0.696. The lowest BCUT2D eigenvalue weighted by molar-refractivity contribution is -0.389. The number of aryl methyl sites for hydroxylation is 1. The third kappa shape index (κ3) is 2.66. The highest BCUT2D eigenvalue weighted by atomic mass is 16.6. The Hall–Kier alpha value is -2.71. The highest BCUT2D eigenvalue weighted by Crippen LogP contribution is 2.11. The van der Waals surface area contributed by atoms with Crippen molar-refractivity contribution in [2.75, 3.05) is 7.05 Å². The van der Waals surface area contributed by atoms with E-state index in [2.05, 4.69) is 15.3 Å². The molecule has 1 N–H and O–H groups in total. The first kappa shape index (κ1) is 13.7. The van der Waals surface area contributed by atoms with Crippen LogP contribution >= 0.6 is 0 Å². The van der Waals surface area contributed by atoms with E-state index in [1.807, 2.05) is 13.0 Å². The molecule has 20 heavy (non-hydrogen) atoms. The van der Waals surface area contributed by atoms with E-state index in [0.29, 0.717) is 13.1 Å². The lowest BCUT2D eigenvalue weighted by Gasteiger charge is -2.15. The Balaban J connectivity index is 2.10. The van der Waals surface area contributed by atoms with Gasteiger partial charge in [0.15, 0.2) is 5.69 Å². The number of hydrogen-bond acceptors (Lipinski definition) is 5. The molecule has 0 bridgehead atoms. The highest BCUT2D eigenvalue weighted by Gasteiger charge is 2.20. The Bertz CT molecular complexity index is 632. The van der Waals surface area contributed by atoms with Gasteiger partial charge in [0.05, 0.1) is 18.3 Å². The van der Waals surface area contributed by atoms with Gasteiger partial charge in [0.25, 0.3) is 5.91 Å². The number of nitro groups is 1. The van der Waals surface area contributed by atoms with Crippen molar-refractivity contribution in [3.05, 3.63) is 39.8 Å². The lowest BCUT2D eigenvalue weighted by atomic mass is 10.3. The van der Waals surface area contributed by atoms with Gasteiger partial charge in [0.1, 0.15) is 0 Å². The van der Waals surface area contributed by atoms with E-state index in [1.54, 1.807) is 17.9 Å². The second-order valence-corrected chi connectivity index (χ2v) is 4.20. The van der Waals surface area contributed by atoms with Crippen LogP contribution in [0.2, 0.25) is 0 Å². The van der Waals surface area contributed by atoms with Gasteiger partial charge < -0.3 is 15.0 Å². The van der Waals surface area contributed by atoms with Crippen LogP contribution in [-0.2, 0) is 13.1 Å². The van der Waals surface area contributed by atoms with E-state index in [4.69, 9.17) is 0 Å². The van der Waals surface area contributed by atoms with Crippen molar-refractivity contribution in [2.24, 2.45) is 0 Å². The second kappa shape index (κ2) is 5.51. The van der Waals surface area contributed by atoms with Gasteiger partial charge in [-0.05, 0) is 17.9 Å². The van der Waals surface area contributed by atoms with E-state index < -0.39 is 10.8 Å². The lowest BCUT2D eigenvalue weighted by Crippen LogP contribution is -2.27. The van der Waals surface area contributed by atoms with Crippen molar-refractivity contribution < 1.29 is 9.72 Å². The summed E-state index contributed by atoms with van der Waals surface area (Å²) in [6.45, 7) is 3.01. The number of aromatic amines is 1. The van der Waals surface area contributed by atoms with Crippen LogP contribution in [-0.4, -0.2) is 42.8 Å². The average Bonchev–Trinajstić information content (AvgIpc) is 3.06. The summed E-state index contributed by atoms with van der Waals surface area (Å²) >= 11 is 0. The van der Waals surface area contributed by atoms with Crippen molar-refractivity contribution >= 4 is 11.7 Å². The second-order valence-electron chi connectivity index (χ2n) is 4.20. The molecule has 9 heteroatoms. The number of nitrogens with one attached hydrogen (secondary N) is 1. The molecule has 9 nitrogen and oxygen atoms in total. The molecule has 0 aliphatic heterocycles. The molecular weight excluding hydrogens is 264 g/mol. The van der Waals surface area contributed by atoms with E-state index in [1.165, 1.54) is 4.90 Å². The van der Waals surface area contributed by atoms with Gasteiger partial charge in [-0.3, -0.25) is 9.48 Å². The number of hydrogen-bond donors (Lipinski definition) is 1. The van der Waals surface area contributed by atoms with Crippen molar-refractivity contribution in [2.45, 2.75) is 20.0 Å². The van der Waals surface area contributed by atoms with Gasteiger partial charge in [-0.15, -0.1) is 5.10 Å². The van der Waals surface area contributed by atoms with Crippen LogP contribution in [0.3, 0.4) is 0 Å². The molecule has 2 rings (SSSR count). The number of aromatic nitrogens is 4. The number of amides is 1. The maximum absolute atomic E-state index is 12.1. The molecule has 0 saturated heterocycles. The zero-order valence-electron chi connectivity index (χ0n) is 11.1. The number of H-pyrrole nitrogens is 1. The summed E-state index contributed by atoms with van der Waals surface area (Å²) in [7, 11) is 1.61. The molecule has 0 fully saturated rings. The fourth-order valence-electron chi connectivity index (χ4n) is 1.80. The van der Waals surface area contributed by atoms with E-state index in [9.17, 15) is 14.9 Å². The number of nitrogens with zero attached hydrogens (tertiary/aromatic N) is 5. The molecule has 0 atom stereocenters. The van der Waals surface area contributed by atoms with Crippen LogP contribution in [0.1, 0.15) is 23.1 Å². The monoisotopic (exact) mass is 278 g/mol. The molecule has 0 aromatic carbocycles. The Morgan fingerprint density at radius 2 is 2.35 bits per heavy atom.